The SMILES string of the molecule is CN=C(NCCc1cc(F)cc(F)c1)NCc1cc2c(cc1OC(F)F)OCO2. The number of halogens is 4. The van der Waals surface area contributed by atoms with Crippen LogP contribution in [0.4, 0.5) is 17.6 Å². The van der Waals surface area contributed by atoms with Gasteiger partial charge in [0.1, 0.15) is 17.4 Å². The molecule has 1 heterocycles. The molecule has 6 nitrogen and oxygen atoms in total. The number of benzene rings is 2. The van der Waals surface area contributed by atoms with E-state index >= 15 is 0 Å². The molecule has 1 aliphatic rings. The van der Waals surface area contributed by atoms with Crippen molar-refractivity contribution in [2.45, 2.75) is 19.6 Å². The molecule has 0 amide bonds. The molecule has 0 bridgehead atoms. The predicted octanol–water partition coefficient (Wildman–Crippen LogP) is 3.20. The zero-order chi connectivity index (χ0) is 20.8. The van der Waals surface area contributed by atoms with Gasteiger partial charge in [-0.15, -0.1) is 0 Å². The van der Waals surface area contributed by atoms with Gasteiger partial charge in [-0.3, -0.25) is 4.99 Å². The molecule has 0 atom stereocenters. The van der Waals surface area contributed by atoms with Gasteiger partial charge in [0.2, 0.25) is 6.79 Å². The second-order valence-electron chi connectivity index (χ2n) is 6.07. The van der Waals surface area contributed by atoms with Gasteiger partial charge < -0.3 is 24.8 Å². The maximum atomic E-state index is 13.2. The van der Waals surface area contributed by atoms with Crippen molar-refractivity contribution in [2.24, 2.45) is 4.99 Å². The minimum Gasteiger partial charge on any atom is -0.454 e. The van der Waals surface area contributed by atoms with Crippen molar-refractivity contribution in [3.8, 4) is 17.2 Å². The molecule has 0 fully saturated rings. The van der Waals surface area contributed by atoms with E-state index < -0.39 is 18.2 Å². The lowest BCUT2D eigenvalue weighted by atomic mass is 10.1. The van der Waals surface area contributed by atoms with E-state index in [1.165, 1.54) is 25.2 Å². The first-order chi connectivity index (χ1) is 13.9. The van der Waals surface area contributed by atoms with Crippen molar-refractivity contribution < 1.29 is 31.8 Å². The molecule has 156 valence electrons. The summed E-state index contributed by atoms with van der Waals surface area (Å²) in [5, 5.41) is 5.96. The van der Waals surface area contributed by atoms with E-state index in [-0.39, 0.29) is 19.1 Å². The molecule has 0 unspecified atom stereocenters. The molecule has 29 heavy (non-hydrogen) atoms. The van der Waals surface area contributed by atoms with Gasteiger partial charge in [-0.05, 0) is 30.2 Å². The Kier molecular flexibility index (Phi) is 6.63. The second kappa shape index (κ2) is 9.35. The third-order valence-corrected chi connectivity index (χ3v) is 4.07. The van der Waals surface area contributed by atoms with Crippen molar-refractivity contribution in [3.05, 3.63) is 53.1 Å². The van der Waals surface area contributed by atoms with E-state index in [1.54, 1.807) is 6.07 Å². The summed E-state index contributed by atoms with van der Waals surface area (Å²) in [4.78, 5) is 4.03. The monoisotopic (exact) mass is 413 g/mol. The molecule has 0 aliphatic carbocycles. The molecule has 3 rings (SSSR count). The number of hydrogen-bond donors (Lipinski definition) is 2. The lowest BCUT2D eigenvalue weighted by molar-refractivity contribution is -0.0505. The van der Waals surface area contributed by atoms with E-state index in [9.17, 15) is 17.6 Å². The highest BCUT2D eigenvalue weighted by Crippen LogP contribution is 2.38. The standard InChI is InChI=1S/C19H19F4N3O3/c1-24-19(25-3-2-11-4-13(20)7-14(21)5-11)26-9-12-6-16-17(28-10-27-16)8-15(12)29-18(22)23/h4-8,18H,2-3,9-10H2,1H3,(H2,24,25,26). The quantitative estimate of drug-likeness (QED) is 0.415. The average molecular weight is 413 g/mol. The van der Waals surface area contributed by atoms with Crippen LogP contribution in [0.5, 0.6) is 17.2 Å². The Morgan fingerprint density at radius 1 is 1.07 bits per heavy atom. The smallest absolute Gasteiger partial charge is 0.387 e. The zero-order valence-electron chi connectivity index (χ0n) is 15.5. The fourth-order valence-electron chi connectivity index (χ4n) is 2.79. The van der Waals surface area contributed by atoms with Crippen molar-refractivity contribution >= 4 is 5.96 Å². The van der Waals surface area contributed by atoms with Crippen molar-refractivity contribution in [2.75, 3.05) is 20.4 Å². The van der Waals surface area contributed by atoms with E-state index in [4.69, 9.17) is 9.47 Å². The van der Waals surface area contributed by atoms with E-state index in [1.807, 2.05) is 0 Å². The molecule has 0 radical (unpaired) electrons. The first kappa shape index (κ1) is 20.6. The van der Waals surface area contributed by atoms with Crippen molar-refractivity contribution in [1.82, 2.24) is 10.6 Å². The number of nitrogens with zero attached hydrogens (tertiary/aromatic N) is 1. The minimum atomic E-state index is -2.99. The topological polar surface area (TPSA) is 64.1 Å². The van der Waals surface area contributed by atoms with Crippen LogP contribution in [0.2, 0.25) is 0 Å². The van der Waals surface area contributed by atoms with Gasteiger partial charge in [-0.1, -0.05) is 0 Å². The van der Waals surface area contributed by atoms with Crippen LogP contribution in [0.15, 0.2) is 35.3 Å². The van der Waals surface area contributed by atoms with Gasteiger partial charge in [-0.2, -0.15) is 8.78 Å². The molecule has 2 aromatic carbocycles. The number of aliphatic imine (C=N–C) groups is 1. The van der Waals surface area contributed by atoms with Gasteiger partial charge in [0.25, 0.3) is 0 Å². The summed E-state index contributed by atoms with van der Waals surface area (Å²) in [5.74, 6) is -0.188. The first-order valence-corrected chi connectivity index (χ1v) is 8.71. The van der Waals surface area contributed by atoms with E-state index in [0.717, 1.165) is 6.07 Å². The number of ether oxygens (including phenoxy) is 3. The molecule has 0 saturated carbocycles. The second-order valence-corrected chi connectivity index (χ2v) is 6.07. The number of alkyl halides is 2. The average Bonchev–Trinajstić information content (AvgIpc) is 3.10. The number of rotatable bonds is 7. The molecule has 2 N–H and O–H groups in total. The van der Waals surface area contributed by atoms with Crippen LogP contribution < -0.4 is 24.8 Å². The third-order valence-electron chi connectivity index (χ3n) is 4.07. The fraction of sp³-hybridized carbons (Fsp3) is 0.316. The summed E-state index contributed by atoms with van der Waals surface area (Å²) >= 11 is 0. The Morgan fingerprint density at radius 2 is 1.76 bits per heavy atom. The van der Waals surface area contributed by atoms with Gasteiger partial charge in [0.15, 0.2) is 17.5 Å². The molecule has 1 aliphatic heterocycles. The van der Waals surface area contributed by atoms with Crippen LogP contribution in [-0.2, 0) is 13.0 Å². The Labute approximate surface area is 164 Å². The van der Waals surface area contributed by atoms with Crippen LogP contribution in [-0.4, -0.2) is 33.0 Å². The third kappa shape index (κ3) is 5.66. The Morgan fingerprint density at radius 3 is 2.41 bits per heavy atom. The summed E-state index contributed by atoms with van der Waals surface area (Å²) in [6.07, 6.45) is 0.360. The van der Waals surface area contributed by atoms with Gasteiger partial charge >= 0.3 is 6.61 Å². The lowest BCUT2D eigenvalue weighted by Gasteiger charge is -2.15. The predicted molar refractivity (Wildman–Crippen MR) is 97.5 cm³/mol. The van der Waals surface area contributed by atoms with E-state index in [0.29, 0.717) is 41.6 Å². The maximum Gasteiger partial charge on any atom is 0.387 e. The van der Waals surface area contributed by atoms with Crippen LogP contribution in [0.3, 0.4) is 0 Å². The Bertz CT molecular complexity index is 873. The number of nitrogens with one attached hydrogen (secondary N) is 2. The summed E-state index contributed by atoms with van der Waals surface area (Å²) in [6, 6.07) is 6.21. The summed E-state index contributed by atoms with van der Waals surface area (Å²) < 4.78 is 66.9. The van der Waals surface area contributed by atoms with Crippen molar-refractivity contribution in [1.29, 1.82) is 0 Å². The fourth-order valence-corrected chi connectivity index (χ4v) is 2.79. The number of guanidine groups is 1. The molecule has 0 saturated heterocycles. The molecule has 0 spiro atoms. The highest BCUT2D eigenvalue weighted by atomic mass is 19.3. The summed E-state index contributed by atoms with van der Waals surface area (Å²) in [5.41, 5.74) is 0.915. The number of fused-ring (bicyclic) bond motifs is 1. The van der Waals surface area contributed by atoms with Crippen molar-refractivity contribution in [3.63, 3.8) is 0 Å². The maximum absolute atomic E-state index is 13.2. The van der Waals surface area contributed by atoms with Crippen LogP contribution in [0.25, 0.3) is 0 Å². The van der Waals surface area contributed by atoms with Gasteiger partial charge in [-0.25, -0.2) is 8.78 Å². The number of hydrogen-bond acceptors (Lipinski definition) is 4. The normalized spacial score (nSPS) is 13.0. The molecule has 10 heteroatoms. The first-order valence-electron chi connectivity index (χ1n) is 8.71. The van der Waals surface area contributed by atoms with E-state index in [2.05, 4.69) is 20.4 Å². The summed E-state index contributed by atoms with van der Waals surface area (Å²) in [7, 11) is 1.54. The highest BCUT2D eigenvalue weighted by molar-refractivity contribution is 5.79. The van der Waals surface area contributed by atoms with Crippen LogP contribution >= 0.6 is 0 Å². The largest absolute Gasteiger partial charge is 0.454 e. The molecule has 2 aromatic rings. The lowest BCUT2D eigenvalue weighted by Crippen LogP contribution is -2.38. The zero-order valence-corrected chi connectivity index (χ0v) is 15.5. The molecule has 0 aromatic heterocycles. The molecular formula is C19H19F4N3O3. The molecular weight excluding hydrogens is 394 g/mol. The van der Waals surface area contributed by atoms with Crippen LogP contribution in [0, 0.1) is 11.6 Å². The Balaban J connectivity index is 1.59. The van der Waals surface area contributed by atoms with Gasteiger partial charge in [0, 0.05) is 37.8 Å². The Hall–Kier alpha value is -3.17. The highest BCUT2D eigenvalue weighted by Gasteiger charge is 2.20. The summed E-state index contributed by atoms with van der Waals surface area (Å²) in [6.45, 7) is -2.51. The van der Waals surface area contributed by atoms with Crippen LogP contribution in [0.1, 0.15) is 11.1 Å². The minimum absolute atomic E-state index is 0.00420. The van der Waals surface area contributed by atoms with Gasteiger partial charge in [0.05, 0.1) is 0 Å².